The molecule has 0 fully saturated rings. The van der Waals surface area contributed by atoms with Crippen molar-refractivity contribution in [3.8, 4) is 0 Å². The van der Waals surface area contributed by atoms with Crippen LogP contribution in [0.1, 0.15) is 49.4 Å². The van der Waals surface area contributed by atoms with Crippen molar-refractivity contribution in [1.29, 1.82) is 0 Å². The maximum atomic E-state index is 12.6. The molecule has 1 atom stereocenters. The lowest BCUT2D eigenvalue weighted by molar-refractivity contribution is -0.131. The first kappa shape index (κ1) is 21.1. The molecule has 1 unspecified atom stereocenters. The number of hydrogen-bond donors (Lipinski definition) is 1. The van der Waals surface area contributed by atoms with E-state index in [0.717, 1.165) is 17.5 Å². The van der Waals surface area contributed by atoms with Crippen LogP contribution < -0.4 is 5.14 Å². The van der Waals surface area contributed by atoms with Gasteiger partial charge in [0, 0.05) is 7.05 Å². The van der Waals surface area contributed by atoms with Gasteiger partial charge in [0.25, 0.3) is 0 Å². The second kappa shape index (κ2) is 9.15. The Morgan fingerprint density at radius 2 is 1.59 bits per heavy atom. The third-order valence-electron chi connectivity index (χ3n) is 4.86. The van der Waals surface area contributed by atoms with Gasteiger partial charge in [-0.05, 0) is 48.6 Å². The SMILES string of the molecule is CCCCc1ccc(CC(=O)N(C)C(C)c2ccc(S(N)(=O)=O)cc2)cc1. The summed E-state index contributed by atoms with van der Waals surface area (Å²) in [6.07, 6.45) is 3.74. The predicted octanol–water partition coefficient (Wildman–Crippen LogP) is 3.44. The highest BCUT2D eigenvalue weighted by Gasteiger charge is 2.18. The Morgan fingerprint density at radius 1 is 1.04 bits per heavy atom. The summed E-state index contributed by atoms with van der Waals surface area (Å²) in [4.78, 5) is 14.4. The molecule has 2 rings (SSSR count). The fourth-order valence-corrected chi connectivity index (χ4v) is 3.40. The smallest absolute Gasteiger partial charge is 0.238 e. The van der Waals surface area contributed by atoms with Crippen LogP contribution in [0.3, 0.4) is 0 Å². The summed E-state index contributed by atoms with van der Waals surface area (Å²) in [6.45, 7) is 4.09. The van der Waals surface area contributed by atoms with Gasteiger partial charge in [0.15, 0.2) is 0 Å². The molecule has 0 saturated carbocycles. The standard InChI is InChI=1S/C21H28N2O3S/c1-4-5-6-17-7-9-18(10-8-17)15-21(24)23(3)16(2)19-11-13-20(14-12-19)27(22,25)26/h7-14,16H,4-6,15H2,1-3H3,(H2,22,25,26). The quantitative estimate of drug-likeness (QED) is 0.752. The van der Waals surface area contributed by atoms with Crippen LogP contribution in [0.25, 0.3) is 0 Å². The lowest BCUT2D eigenvalue weighted by Crippen LogP contribution is -2.31. The zero-order chi connectivity index (χ0) is 20.0. The number of sulfonamides is 1. The van der Waals surface area contributed by atoms with Gasteiger partial charge < -0.3 is 4.90 Å². The van der Waals surface area contributed by atoms with Gasteiger partial charge in [0.2, 0.25) is 15.9 Å². The van der Waals surface area contributed by atoms with E-state index >= 15 is 0 Å². The number of aryl methyl sites for hydroxylation is 1. The third kappa shape index (κ3) is 5.91. The van der Waals surface area contributed by atoms with Crippen LogP contribution in [-0.2, 0) is 27.7 Å². The molecule has 2 aromatic rings. The Morgan fingerprint density at radius 3 is 2.11 bits per heavy atom. The number of amides is 1. The molecule has 0 aliphatic heterocycles. The summed E-state index contributed by atoms with van der Waals surface area (Å²) in [6, 6.07) is 14.4. The molecule has 0 aromatic heterocycles. The number of likely N-dealkylation sites (N-methyl/N-ethyl adjacent to an activating group) is 1. The number of carbonyl (C=O) groups is 1. The van der Waals surface area contributed by atoms with E-state index in [9.17, 15) is 13.2 Å². The molecule has 0 bridgehead atoms. The molecule has 2 aromatic carbocycles. The van der Waals surface area contributed by atoms with Crippen molar-refractivity contribution >= 4 is 15.9 Å². The van der Waals surface area contributed by atoms with Crippen LogP contribution in [0.5, 0.6) is 0 Å². The van der Waals surface area contributed by atoms with Crippen molar-refractivity contribution in [2.75, 3.05) is 7.05 Å². The van der Waals surface area contributed by atoms with Gasteiger partial charge in [0.05, 0.1) is 17.4 Å². The molecule has 0 saturated heterocycles. The van der Waals surface area contributed by atoms with E-state index in [2.05, 4.69) is 19.1 Å². The summed E-state index contributed by atoms with van der Waals surface area (Å²) in [5.41, 5.74) is 3.14. The lowest BCUT2D eigenvalue weighted by atomic mass is 10.0. The minimum Gasteiger partial charge on any atom is -0.339 e. The van der Waals surface area contributed by atoms with Gasteiger partial charge in [-0.1, -0.05) is 49.7 Å². The van der Waals surface area contributed by atoms with Crippen molar-refractivity contribution in [1.82, 2.24) is 4.90 Å². The maximum absolute atomic E-state index is 12.6. The summed E-state index contributed by atoms with van der Waals surface area (Å²) >= 11 is 0. The first-order chi connectivity index (χ1) is 12.7. The molecule has 5 nitrogen and oxygen atoms in total. The van der Waals surface area contributed by atoms with Crippen LogP contribution in [0.2, 0.25) is 0 Å². The number of unbranched alkanes of at least 4 members (excludes halogenated alkanes) is 1. The van der Waals surface area contributed by atoms with Crippen LogP contribution in [0.4, 0.5) is 0 Å². The second-order valence-corrected chi connectivity index (χ2v) is 8.45. The van der Waals surface area contributed by atoms with E-state index in [1.807, 2.05) is 19.1 Å². The zero-order valence-electron chi connectivity index (χ0n) is 16.2. The van der Waals surface area contributed by atoms with Crippen LogP contribution in [-0.4, -0.2) is 26.3 Å². The van der Waals surface area contributed by atoms with Crippen molar-refractivity contribution in [2.45, 2.75) is 50.5 Å². The molecule has 146 valence electrons. The molecular formula is C21H28N2O3S. The molecule has 6 heteroatoms. The van der Waals surface area contributed by atoms with E-state index in [0.29, 0.717) is 6.42 Å². The number of nitrogens with zero attached hydrogens (tertiary/aromatic N) is 1. The highest BCUT2D eigenvalue weighted by molar-refractivity contribution is 7.89. The van der Waals surface area contributed by atoms with Gasteiger partial charge >= 0.3 is 0 Å². The topological polar surface area (TPSA) is 80.5 Å². The zero-order valence-corrected chi connectivity index (χ0v) is 17.0. The van der Waals surface area contributed by atoms with Crippen LogP contribution in [0.15, 0.2) is 53.4 Å². The molecule has 0 radical (unpaired) electrons. The molecule has 27 heavy (non-hydrogen) atoms. The summed E-state index contributed by atoms with van der Waals surface area (Å²) in [5, 5.41) is 5.12. The minimum absolute atomic E-state index is 0.0133. The number of carbonyl (C=O) groups excluding carboxylic acids is 1. The van der Waals surface area contributed by atoms with E-state index in [-0.39, 0.29) is 16.8 Å². The summed E-state index contributed by atoms with van der Waals surface area (Å²) in [7, 11) is -1.95. The average Bonchev–Trinajstić information content (AvgIpc) is 2.65. The minimum atomic E-state index is -3.71. The van der Waals surface area contributed by atoms with Crippen molar-refractivity contribution in [2.24, 2.45) is 5.14 Å². The van der Waals surface area contributed by atoms with E-state index < -0.39 is 10.0 Å². The fraction of sp³-hybridized carbons (Fsp3) is 0.381. The molecule has 1 amide bonds. The average molecular weight is 389 g/mol. The Labute approximate surface area is 162 Å². The Kier molecular flexibility index (Phi) is 7.16. The summed E-state index contributed by atoms with van der Waals surface area (Å²) in [5.74, 6) is 0.0133. The largest absolute Gasteiger partial charge is 0.339 e. The number of nitrogens with two attached hydrogens (primary N) is 1. The number of rotatable bonds is 8. The normalized spacial score (nSPS) is 12.6. The van der Waals surface area contributed by atoms with Crippen molar-refractivity contribution in [3.05, 3.63) is 65.2 Å². The van der Waals surface area contributed by atoms with E-state index in [1.165, 1.54) is 30.5 Å². The molecule has 2 N–H and O–H groups in total. The first-order valence-corrected chi connectivity index (χ1v) is 10.7. The van der Waals surface area contributed by atoms with Gasteiger partial charge in [-0.25, -0.2) is 13.6 Å². The molecular weight excluding hydrogens is 360 g/mol. The molecule has 0 aliphatic carbocycles. The highest BCUT2D eigenvalue weighted by Crippen LogP contribution is 2.21. The lowest BCUT2D eigenvalue weighted by Gasteiger charge is -2.25. The Hall–Kier alpha value is -2.18. The monoisotopic (exact) mass is 388 g/mol. The molecule has 0 spiro atoms. The predicted molar refractivity (Wildman–Crippen MR) is 108 cm³/mol. The van der Waals surface area contributed by atoms with Crippen LogP contribution in [0, 0.1) is 0 Å². The fourth-order valence-electron chi connectivity index (χ4n) is 2.88. The number of primary sulfonamides is 1. The second-order valence-electron chi connectivity index (χ2n) is 6.89. The highest BCUT2D eigenvalue weighted by atomic mass is 32.2. The molecule has 0 aliphatic rings. The van der Waals surface area contributed by atoms with Gasteiger partial charge in [0.1, 0.15) is 0 Å². The number of benzene rings is 2. The number of hydrogen-bond acceptors (Lipinski definition) is 3. The van der Waals surface area contributed by atoms with Crippen molar-refractivity contribution < 1.29 is 13.2 Å². The van der Waals surface area contributed by atoms with Gasteiger partial charge in [-0.3, -0.25) is 4.79 Å². The van der Waals surface area contributed by atoms with Crippen molar-refractivity contribution in [3.63, 3.8) is 0 Å². The first-order valence-electron chi connectivity index (χ1n) is 9.18. The Bertz CT molecular complexity index is 859. The summed E-state index contributed by atoms with van der Waals surface area (Å²) < 4.78 is 22.7. The van der Waals surface area contributed by atoms with Gasteiger partial charge in [-0.15, -0.1) is 0 Å². The molecule has 0 heterocycles. The Balaban J connectivity index is 2.01. The van der Waals surface area contributed by atoms with E-state index in [1.54, 1.807) is 24.1 Å². The maximum Gasteiger partial charge on any atom is 0.238 e. The van der Waals surface area contributed by atoms with E-state index in [4.69, 9.17) is 5.14 Å². The van der Waals surface area contributed by atoms with Gasteiger partial charge in [-0.2, -0.15) is 0 Å². The van der Waals surface area contributed by atoms with Crippen LogP contribution >= 0.6 is 0 Å². The third-order valence-corrected chi connectivity index (χ3v) is 5.79.